The highest BCUT2D eigenvalue weighted by Crippen LogP contribution is 2.34. The van der Waals surface area contributed by atoms with Crippen molar-refractivity contribution in [3.05, 3.63) is 40.7 Å². The van der Waals surface area contributed by atoms with E-state index in [1.165, 1.54) is 18.4 Å². The predicted molar refractivity (Wildman–Crippen MR) is 91.0 cm³/mol. The van der Waals surface area contributed by atoms with Gasteiger partial charge in [0.2, 0.25) is 0 Å². The Labute approximate surface area is 138 Å². The third-order valence-corrected chi connectivity index (χ3v) is 4.86. The minimum Gasteiger partial charge on any atom is -0.465 e. The summed E-state index contributed by atoms with van der Waals surface area (Å²) >= 11 is 1.39. The second kappa shape index (κ2) is 6.50. The maximum absolute atomic E-state index is 12.1. The number of carbonyl (C=O) groups is 1. The number of nitrogens with zero attached hydrogens (tertiary/aromatic N) is 3. The van der Waals surface area contributed by atoms with Gasteiger partial charge in [0.05, 0.1) is 29.6 Å². The third kappa shape index (κ3) is 2.86. The standard InChI is InChI=1S/C17H19N3O2S/c1-4-5-8-12-15(17(21)22-3)23-16(18-12)14-11(2)19-20-10-7-6-9-13(14)20/h6-7,9-10H,4-5,8H2,1-3H3. The van der Waals surface area contributed by atoms with Crippen LogP contribution < -0.4 is 0 Å². The fraction of sp³-hybridized carbons (Fsp3) is 0.353. The number of ether oxygens (including phenoxy) is 1. The normalized spacial score (nSPS) is 11.1. The Morgan fingerprint density at radius 1 is 1.39 bits per heavy atom. The number of aryl methyl sites for hydroxylation is 2. The van der Waals surface area contributed by atoms with Gasteiger partial charge in [0, 0.05) is 6.20 Å². The summed E-state index contributed by atoms with van der Waals surface area (Å²) in [6.45, 7) is 4.09. The second-order valence-corrected chi connectivity index (χ2v) is 6.38. The molecule has 0 atom stereocenters. The number of rotatable bonds is 5. The van der Waals surface area contributed by atoms with Gasteiger partial charge in [-0.05, 0) is 31.9 Å². The molecule has 0 N–H and O–H groups in total. The maximum Gasteiger partial charge on any atom is 0.349 e. The lowest BCUT2D eigenvalue weighted by atomic mass is 10.2. The molecule has 23 heavy (non-hydrogen) atoms. The molecule has 6 heteroatoms. The lowest BCUT2D eigenvalue weighted by Crippen LogP contribution is -2.02. The summed E-state index contributed by atoms with van der Waals surface area (Å²) in [5.74, 6) is -0.311. The number of carbonyl (C=O) groups excluding carboxylic acids is 1. The molecule has 0 radical (unpaired) electrons. The number of hydrogen-bond donors (Lipinski definition) is 0. The first kappa shape index (κ1) is 15.7. The number of esters is 1. The van der Waals surface area contributed by atoms with Crippen LogP contribution in [0.3, 0.4) is 0 Å². The van der Waals surface area contributed by atoms with Gasteiger partial charge in [0.15, 0.2) is 0 Å². The molecular weight excluding hydrogens is 310 g/mol. The molecule has 0 saturated heterocycles. The first-order valence-electron chi connectivity index (χ1n) is 7.68. The lowest BCUT2D eigenvalue weighted by molar-refractivity contribution is 0.0604. The van der Waals surface area contributed by atoms with Gasteiger partial charge in [-0.3, -0.25) is 0 Å². The van der Waals surface area contributed by atoms with Crippen LogP contribution in [-0.2, 0) is 11.2 Å². The van der Waals surface area contributed by atoms with Gasteiger partial charge < -0.3 is 4.74 Å². The van der Waals surface area contributed by atoms with Gasteiger partial charge in [0.1, 0.15) is 9.88 Å². The SMILES string of the molecule is CCCCc1nc(-c2c(C)nn3ccccc23)sc1C(=O)OC. The molecule has 3 rings (SSSR count). The van der Waals surface area contributed by atoms with Crippen LogP contribution >= 0.6 is 11.3 Å². The van der Waals surface area contributed by atoms with Crippen LogP contribution in [0.15, 0.2) is 24.4 Å². The van der Waals surface area contributed by atoms with E-state index in [1.54, 1.807) is 0 Å². The molecule has 3 aromatic heterocycles. The first-order valence-corrected chi connectivity index (χ1v) is 8.49. The topological polar surface area (TPSA) is 56.5 Å². The van der Waals surface area contributed by atoms with Gasteiger partial charge in [0.25, 0.3) is 0 Å². The highest BCUT2D eigenvalue weighted by Gasteiger charge is 2.22. The van der Waals surface area contributed by atoms with E-state index in [2.05, 4.69) is 12.0 Å². The number of thiazole rings is 1. The number of unbranched alkanes of at least 4 members (excludes halogenated alkanes) is 1. The minimum absolute atomic E-state index is 0.311. The quantitative estimate of drug-likeness (QED) is 0.666. The van der Waals surface area contributed by atoms with Crippen molar-refractivity contribution in [1.82, 2.24) is 14.6 Å². The van der Waals surface area contributed by atoms with Crippen molar-refractivity contribution in [2.24, 2.45) is 0 Å². The molecule has 0 bridgehead atoms. The molecule has 3 heterocycles. The van der Waals surface area contributed by atoms with Crippen LogP contribution in [0.25, 0.3) is 16.1 Å². The van der Waals surface area contributed by atoms with Gasteiger partial charge in [-0.25, -0.2) is 14.3 Å². The summed E-state index contributed by atoms with van der Waals surface area (Å²) < 4.78 is 6.76. The van der Waals surface area contributed by atoms with E-state index < -0.39 is 0 Å². The number of pyridine rings is 1. The van der Waals surface area contributed by atoms with Crippen molar-refractivity contribution in [3.8, 4) is 10.6 Å². The van der Waals surface area contributed by atoms with Crippen molar-refractivity contribution in [3.63, 3.8) is 0 Å². The smallest absolute Gasteiger partial charge is 0.349 e. The Hall–Kier alpha value is -2.21. The Morgan fingerprint density at radius 3 is 2.96 bits per heavy atom. The minimum atomic E-state index is -0.311. The molecule has 0 aliphatic rings. The molecule has 0 aromatic carbocycles. The van der Waals surface area contributed by atoms with Gasteiger partial charge in [-0.2, -0.15) is 5.10 Å². The molecule has 0 fully saturated rings. The van der Waals surface area contributed by atoms with Crippen LogP contribution in [0, 0.1) is 6.92 Å². The highest BCUT2D eigenvalue weighted by atomic mass is 32.1. The average molecular weight is 329 g/mol. The van der Waals surface area contributed by atoms with Gasteiger partial charge in [-0.15, -0.1) is 11.3 Å². The summed E-state index contributed by atoms with van der Waals surface area (Å²) in [4.78, 5) is 17.4. The van der Waals surface area contributed by atoms with E-state index in [0.717, 1.165) is 46.7 Å². The molecule has 0 spiro atoms. The van der Waals surface area contributed by atoms with Gasteiger partial charge >= 0.3 is 5.97 Å². The van der Waals surface area contributed by atoms with Crippen molar-refractivity contribution in [1.29, 1.82) is 0 Å². The first-order chi connectivity index (χ1) is 11.2. The van der Waals surface area contributed by atoms with Crippen LogP contribution in [0.5, 0.6) is 0 Å². The largest absolute Gasteiger partial charge is 0.465 e. The molecule has 0 unspecified atom stereocenters. The second-order valence-electron chi connectivity index (χ2n) is 5.38. The summed E-state index contributed by atoms with van der Waals surface area (Å²) in [6, 6.07) is 5.94. The molecule has 0 saturated carbocycles. The Balaban J connectivity index is 2.13. The van der Waals surface area contributed by atoms with Crippen LogP contribution in [0.2, 0.25) is 0 Å². The molecule has 0 amide bonds. The third-order valence-electron chi connectivity index (χ3n) is 3.76. The molecule has 5 nitrogen and oxygen atoms in total. The maximum atomic E-state index is 12.1. The van der Waals surface area contributed by atoms with Crippen molar-refractivity contribution >= 4 is 22.8 Å². The predicted octanol–water partition coefficient (Wildman–Crippen LogP) is 3.90. The van der Waals surface area contributed by atoms with E-state index in [-0.39, 0.29) is 5.97 Å². The Morgan fingerprint density at radius 2 is 2.22 bits per heavy atom. The molecule has 0 aliphatic heterocycles. The molecular formula is C17H19N3O2S. The summed E-state index contributed by atoms with van der Waals surface area (Å²) in [5.41, 5.74) is 3.72. The van der Waals surface area contributed by atoms with Crippen LogP contribution in [-0.4, -0.2) is 27.7 Å². The van der Waals surface area contributed by atoms with Crippen LogP contribution in [0.1, 0.15) is 40.8 Å². The van der Waals surface area contributed by atoms with E-state index in [9.17, 15) is 4.79 Å². The lowest BCUT2D eigenvalue weighted by Gasteiger charge is -1.98. The van der Waals surface area contributed by atoms with Gasteiger partial charge in [-0.1, -0.05) is 19.4 Å². The van der Waals surface area contributed by atoms with E-state index >= 15 is 0 Å². The fourth-order valence-corrected chi connectivity index (χ4v) is 3.74. The average Bonchev–Trinajstić information content (AvgIpc) is 3.11. The van der Waals surface area contributed by atoms with Crippen molar-refractivity contribution in [2.75, 3.05) is 7.11 Å². The number of fused-ring (bicyclic) bond motifs is 1. The zero-order valence-electron chi connectivity index (χ0n) is 13.5. The van der Waals surface area contributed by atoms with Crippen molar-refractivity contribution < 1.29 is 9.53 Å². The number of methoxy groups -OCH3 is 1. The fourth-order valence-electron chi connectivity index (χ4n) is 2.61. The Kier molecular flexibility index (Phi) is 4.43. The van der Waals surface area contributed by atoms with Crippen molar-refractivity contribution in [2.45, 2.75) is 33.1 Å². The molecule has 3 aromatic rings. The molecule has 0 aliphatic carbocycles. The summed E-state index contributed by atoms with van der Waals surface area (Å²) in [7, 11) is 1.41. The Bertz CT molecular complexity index is 851. The highest BCUT2D eigenvalue weighted by molar-refractivity contribution is 7.17. The monoisotopic (exact) mass is 329 g/mol. The van der Waals surface area contributed by atoms with Crippen LogP contribution in [0.4, 0.5) is 0 Å². The zero-order valence-corrected chi connectivity index (χ0v) is 14.3. The van der Waals surface area contributed by atoms with E-state index in [4.69, 9.17) is 9.72 Å². The van der Waals surface area contributed by atoms with E-state index in [0.29, 0.717) is 4.88 Å². The summed E-state index contributed by atoms with van der Waals surface area (Å²) in [5, 5.41) is 5.35. The summed E-state index contributed by atoms with van der Waals surface area (Å²) in [6.07, 6.45) is 4.76. The number of aromatic nitrogens is 3. The number of hydrogen-bond acceptors (Lipinski definition) is 5. The molecule has 120 valence electrons. The zero-order chi connectivity index (χ0) is 16.4. The van der Waals surface area contributed by atoms with E-state index in [1.807, 2.05) is 35.8 Å².